The molecule has 2 nitrogen and oxygen atoms in total. The van der Waals surface area contributed by atoms with Crippen molar-refractivity contribution >= 4 is 11.8 Å². The van der Waals surface area contributed by atoms with E-state index in [-0.39, 0.29) is 0 Å². The van der Waals surface area contributed by atoms with Gasteiger partial charge in [0.1, 0.15) is 5.75 Å². The summed E-state index contributed by atoms with van der Waals surface area (Å²) in [5.74, 6) is 3.25. The van der Waals surface area contributed by atoms with Crippen LogP contribution in [0.3, 0.4) is 0 Å². The van der Waals surface area contributed by atoms with E-state index in [1.54, 1.807) is 7.11 Å². The lowest BCUT2D eigenvalue weighted by molar-refractivity contribution is 0.400. The maximum atomic E-state index is 5.57. The van der Waals surface area contributed by atoms with E-state index in [4.69, 9.17) is 4.74 Å². The maximum absolute atomic E-state index is 5.57. The van der Waals surface area contributed by atoms with Crippen LogP contribution < -0.4 is 10.1 Å². The number of hydrogen-bond acceptors (Lipinski definition) is 3. The molecule has 0 saturated carbocycles. The zero-order valence-corrected chi connectivity index (χ0v) is 12.3. The van der Waals surface area contributed by atoms with Gasteiger partial charge in [-0.15, -0.1) is 0 Å². The van der Waals surface area contributed by atoms with Gasteiger partial charge in [0.25, 0.3) is 0 Å². The molecule has 1 aromatic carbocycles. The number of benzene rings is 1. The molecule has 0 amide bonds. The lowest BCUT2D eigenvalue weighted by atomic mass is 10.00. The van der Waals surface area contributed by atoms with Gasteiger partial charge in [0.05, 0.1) is 7.11 Å². The van der Waals surface area contributed by atoms with Gasteiger partial charge in [-0.1, -0.05) is 19.1 Å². The van der Waals surface area contributed by atoms with Crippen molar-refractivity contribution in [2.75, 3.05) is 25.7 Å². The van der Waals surface area contributed by atoms with Gasteiger partial charge in [0.15, 0.2) is 0 Å². The van der Waals surface area contributed by atoms with Crippen molar-refractivity contribution in [3.05, 3.63) is 28.8 Å². The number of ether oxygens (including phenoxy) is 1. The van der Waals surface area contributed by atoms with Crippen LogP contribution in [0.4, 0.5) is 0 Å². The first-order chi connectivity index (χ1) is 8.15. The Kier molecular flexibility index (Phi) is 5.86. The molecule has 17 heavy (non-hydrogen) atoms. The summed E-state index contributed by atoms with van der Waals surface area (Å²) in [4.78, 5) is 0. The van der Waals surface area contributed by atoms with Crippen LogP contribution in [0.25, 0.3) is 0 Å². The minimum atomic E-state index is 0.356. The van der Waals surface area contributed by atoms with E-state index in [1.165, 1.54) is 16.7 Å². The molecule has 0 spiro atoms. The van der Waals surface area contributed by atoms with Crippen molar-refractivity contribution in [3.8, 4) is 5.75 Å². The Balaban J connectivity index is 3.06. The van der Waals surface area contributed by atoms with Crippen molar-refractivity contribution in [3.63, 3.8) is 0 Å². The summed E-state index contributed by atoms with van der Waals surface area (Å²) in [6.07, 6.45) is 0. The molecule has 1 rings (SSSR count). The highest BCUT2D eigenvalue weighted by atomic mass is 32.2. The molecule has 3 heteroatoms. The molecule has 1 aromatic rings. The molecule has 0 fully saturated rings. The average Bonchev–Trinajstić information content (AvgIpc) is 2.34. The number of nitrogens with one attached hydrogen (secondary N) is 1. The Bertz CT molecular complexity index is 365. The predicted octanol–water partition coefficient (Wildman–Crippen LogP) is 3.33. The Morgan fingerprint density at radius 1 is 1.35 bits per heavy atom. The van der Waals surface area contributed by atoms with Crippen LogP contribution in [-0.2, 0) is 0 Å². The van der Waals surface area contributed by atoms with Gasteiger partial charge in [-0.2, -0.15) is 11.8 Å². The van der Waals surface area contributed by atoms with Crippen LogP contribution >= 0.6 is 11.8 Å². The largest absolute Gasteiger partial charge is 0.496 e. The molecule has 0 aliphatic rings. The number of rotatable bonds is 6. The third-order valence-electron chi connectivity index (χ3n) is 3.12. The van der Waals surface area contributed by atoms with E-state index in [9.17, 15) is 0 Å². The van der Waals surface area contributed by atoms with E-state index in [2.05, 4.69) is 38.2 Å². The first-order valence-electron chi connectivity index (χ1n) is 6.04. The van der Waals surface area contributed by atoms with E-state index in [0.717, 1.165) is 17.3 Å². The maximum Gasteiger partial charge on any atom is 0.126 e. The van der Waals surface area contributed by atoms with E-state index in [0.29, 0.717) is 6.04 Å². The van der Waals surface area contributed by atoms with Crippen LogP contribution in [0, 0.1) is 13.8 Å². The van der Waals surface area contributed by atoms with Gasteiger partial charge < -0.3 is 10.1 Å². The van der Waals surface area contributed by atoms with Gasteiger partial charge in [-0.05, 0) is 37.8 Å². The summed E-state index contributed by atoms with van der Waals surface area (Å²) in [5.41, 5.74) is 3.79. The monoisotopic (exact) mass is 253 g/mol. The Morgan fingerprint density at radius 2 is 2.06 bits per heavy atom. The number of methoxy groups -OCH3 is 1. The quantitative estimate of drug-likeness (QED) is 0.840. The van der Waals surface area contributed by atoms with Crippen molar-refractivity contribution in [2.45, 2.75) is 26.8 Å². The van der Waals surface area contributed by atoms with Crippen LogP contribution in [0.15, 0.2) is 12.1 Å². The van der Waals surface area contributed by atoms with Crippen LogP contribution in [0.2, 0.25) is 0 Å². The van der Waals surface area contributed by atoms with Gasteiger partial charge >= 0.3 is 0 Å². The molecule has 0 bridgehead atoms. The summed E-state index contributed by atoms with van der Waals surface area (Å²) in [5, 5.41) is 3.37. The lowest BCUT2D eigenvalue weighted by Crippen LogP contribution is -2.20. The second kappa shape index (κ2) is 6.92. The average molecular weight is 253 g/mol. The Hall–Kier alpha value is -0.670. The van der Waals surface area contributed by atoms with E-state index >= 15 is 0 Å². The molecule has 1 atom stereocenters. The smallest absolute Gasteiger partial charge is 0.126 e. The number of hydrogen-bond donors (Lipinski definition) is 1. The molecule has 96 valence electrons. The zero-order valence-electron chi connectivity index (χ0n) is 11.5. The standard InChI is InChI=1S/C14H23NOS/c1-6-17-9-13(15-4)12-8-7-10(2)11(3)14(12)16-5/h7-8,13,15H,6,9H2,1-5H3. The molecular weight excluding hydrogens is 230 g/mol. The molecular formula is C14H23NOS. The van der Waals surface area contributed by atoms with E-state index in [1.807, 2.05) is 18.8 Å². The van der Waals surface area contributed by atoms with E-state index < -0.39 is 0 Å². The minimum Gasteiger partial charge on any atom is -0.496 e. The topological polar surface area (TPSA) is 21.3 Å². The van der Waals surface area contributed by atoms with Crippen LogP contribution in [0.5, 0.6) is 5.75 Å². The highest BCUT2D eigenvalue weighted by molar-refractivity contribution is 7.99. The molecule has 0 heterocycles. The lowest BCUT2D eigenvalue weighted by Gasteiger charge is -2.21. The van der Waals surface area contributed by atoms with Gasteiger partial charge in [0, 0.05) is 17.4 Å². The summed E-state index contributed by atoms with van der Waals surface area (Å²) in [6.45, 7) is 6.43. The van der Waals surface area contributed by atoms with Gasteiger partial charge in [-0.25, -0.2) is 0 Å². The molecule has 0 aliphatic heterocycles. The summed E-state index contributed by atoms with van der Waals surface area (Å²) in [7, 11) is 3.76. The predicted molar refractivity (Wildman–Crippen MR) is 77.3 cm³/mol. The summed E-state index contributed by atoms with van der Waals surface area (Å²) in [6, 6.07) is 4.71. The molecule has 0 saturated heterocycles. The van der Waals surface area contributed by atoms with Crippen molar-refractivity contribution in [1.29, 1.82) is 0 Å². The second-order valence-electron chi connectivity index (χ2n) is 4.13. The highest BCUT2D eigenvalue weighted by Crippen LogP contribution is 2.32. The van der Waals surface area contributed by atoms with Crippen molar-refractivity contribution < 1.29 is 4.74 Å². The van der Waals surface area contributed by atoms with Crippen molar-refractivity contribution in [2.24, 2.45) is 0 Å². The normalized spacial score (nSPS) is 12.5. The minimum absolute atomic E-state index is 0.356. The summed E-state index contributed by atoms with van der Waals surface area (Å²) >= 11 is 1.95. The first-order valence-corrected chi connectivity index (χ1v) is 7.20. The number of thioether (sulfide) groups is 1. The fourth-order valence-corrected chi connectivity index (χ4v) is 2.74. The Labute approximate surface area is 109 Å². The summed E-state index contributed by atoms with van der Waals surface area (Å²) < 4.78 is 5.57. The molecule has 0 radical (unpaired) electrons. The highest BCUT2D eigenvalue weighted by Gasteiger charge is 2.16. The van der Waals surface area contributed by atoms with Gasteiger partial charge in [-0.3, -0.25) is 0 Å². The molecule has 1 N–H and O–H groups in total. The molecule has 0 aliphatic carbocycles. The van der Waals surface area contributed by atoms with Crippen LogP contribution in [0.1, 0.15) is 29.7 Å². The molecule has 1 unspecified atom stereocenters. The van der Waals surface area contributed by atoms with Gasteiger partial charge in [0.2, 0.25) is 0 Å². The third-order valence-corrected chi connectivity index (χ3v) is 4.10. The SMILES string of the molecule is CCSCC(NC)c1ccc(C)c(C)c1OC. The zero-order chi connectivity index (χ0) is 12.8. The molecule has 0 aromatic heterocycles. The fourth-order valence-electron chi connectivity index (χ4n) is 1.92. The van der Waals surface area contributed by atoms with Crippen LogP contribution in [-0.4, -0.2) is 25.7 Å². The Morgan fingerprint density at radius 3 is 2.59 bits per heavy atom. The third kappa shape index (κ3) is 3.39. The fraction of sp³-hybridized carbons (Fsp3) is 0.571. The first kappa shape index (κ1) is 14.4. The second-order valence-corrected chi connectivity index (χ2v) is 5.45. The van der Waals surface area contributed by atoms with Crippen molar-refractivity contribution in [1.82, 2.24) is 5.32 Å². The number of aryl methyl sites for hydroxylation is 1.